The van der Waals surface area contributed by atoms with Crippen LogP contribution in [0, 0.1) is 5.92 Å². The molecule has 1 N–H and O–H groups in total. The summed E-state index contributed by atoms with van der Waals surface area (Å²) in [5, 5.41) is 3.37. The number of guanidine groups is 1. The number of aliphatic imine (C=N–C) groups is 1. The third-order valence-corrected chi connectivity index (χ3v) is 4.72. The molecule has 0 amide bonds. The molecule has 1 aliphatic heterocycles. The van der Waals surface area contributed by atoms with Crippen molar-refractivity contribution in [3.05, 3.63) is 22.2 Å². The van der Waals surface area contributed by atoms with Crippen molar-refractivity contribution in [2.24, 2.45) is 10.9 Å². The smallest absolute Gasteiger partial charge is 0.231 e. The van der Waals surface area contributed by atoms with E-state index in [1.807, 2.05) is 19.2 Å². The van der Waals surface area contributed by atoms with Crippen molar-refractivity contribution in [3.8, 4) is 11.5 Å². The van der Waals surface area contributed by atoms with Crippen LogP contribution in [-0.4, -0.2) is 51.5 Å². The van der Waals surface area contributed by atoms with Crippen molar-refractivity contribution in [1.29, 1.82) is 0 Å². The van der Waals surface area contributed by atoms with Crippen LogP contribution in [0.15, 0.2) is 21.6 Å². The first-order valence-corrected chi connectivity index (χ1v) is 9.04. The number of likely N-dealkylation sites (N-methyl/N-ethyl adjacent to an activating group) is 1. The molecule has 2 aliphatic rings. The van der Waals surface area contributed by atoms with Gasteiger partial charge in [-0.15, -0.1) is 0 Å². The van der Waals surface area contributed by atoms with E-state index >= 15 is 0 Å². The minimum atomic E-state index is 0.274. The fourth-order valence-electron chi connectivity index (χ4n) is 2.53. The molecule has 0 bridgehead atoms. The molecule has 1 heterocycles. The average Bonchev–Trinajstić information content (AvgIpc) is 3.27. The van der Waals surface area contributed by atoms with E-state index in [9.17, 15) is 0 Å². The molecule has 0 saturated heterocycles. The Labute approximate surface area is 151 Å². The number of fused-ring (bicyclic) bond motifs is 1. The summed E-state index contributed by atoms with van der Waals surface area (Å²) in [5.41, 5.74) is 1.10. The number of hydrogen-bond donors (Lipinski definition) is 1. The van der Waals surface area contributed by atoms with E-state index in [-0.39, 0.29) is 6.79 Å². The quantitative estimate of drug-likeness (QED) is 0.435. The van der Waals surface area contributed by atoms with Gasteiger partial charge in [-0.25, -0.2) is 0 Å². The third kappa shape index (κ3) is 4.54. The summed E-state index contributed by atoms with van der Waals surface area (Å²) >= 11 is 3.52. The van der Waals surface area contributed by atoms with Crippen molar-refractivity contribution in [2.45, 2.75) is 19.4 Å². The first-order chi connectivity index (χ1) is 11.7. The van der Waals surface area contributed by atoms with Gasteiger partial charge in [0.1, 0.15) is 0 Å². The summed E-state index contributed by atoms with van der Waals surface area (Å²) < 4.78 is 17.5. The van der Waals surface area contributed by atoms with E-state index in [2.05, 4.69) is 31.1 Å². The Morgan fingerprint density at radius 1 is 1.42 bits per heavy atom. The Morgan fingerprint density at radius 2 is 2.25 bits per heavy atom. The van der Waals surface area contributed by atoms with E-state index < -0.39 is 0 Å². The molecule has 1 aromatic rings. The Hall–Kier alpha value is -1.47. The van der Waals surface area contributed by atoms with Crippen molar-refractivity contribution in [1.82, 2.24) is 10.2 Å². The van der Waals surface area contributed by atoms with E-state index in [0.29, 0.717) is 6.54 Å². The predicted octanol–water partition coefficient (Wildman–Crippen LogP) is 2.61. The van der Waals surface area contributed by atoms with Crippen LogP contribution in [-0.2, 0) is 11.3 Å². The van der Waals surface area contributed by atoms with Crippen molar-refractivity contribution < 1.29 is 14.2 Å². The van der Waals surface area contributed by atoms with Crippen molar-refractivity contribution in [3.63, 3.8) is 0 Å². The highest BCUT2D eigenvalue weighted by Crippen LogP contribution is 2.39. The van der Waals surface area contributed by atoms with Crippen LogP contribution in [0.25, 0.3) is 0 Å². The van der Waals surface area contributed by atoms with Gasteiger partial charge in [-0.3, -0.25) is 4.99 Å². The van der Waals surface area contributed by atoms with Crippen LogP contribution in [0.3, 0.4) is 0 Å². The number of rotatable bonds is 7. The molecule has 1 aliphatic carbocycles. The highest BCUT2D eigenvalue weighted by atomic mass is 79.9. The molecule has 1 saturated carbocycles. The second-order valence-corrected chi connectivity index (χ2v) is 7.01. The summed E-state index contributed by atoms with van der Waals surface area (Å²) in [6, 6.07) is 4.03. The van der Waals surface area contributed by atoms with Crippen LogP contribution in [0.5, 0.6) is 11.5 Å². The molecule has 0 radical (unpaired) electrons. The SMILES string of the molecule is CN=C(NCc1cc(Br)c2c(c1)OCO2)N(C)CCOCC1CC1. The number of benzene rings is 1. The summed E-state index contributed by atoms with van der Waals surface area (Å²) in [4.78, 5) is 6.41. The zero-order valence-corrected chi connectivity index (χ0v) is 15.8. The lowest BCUT2D eigenvalue weighted by molar-refractivity contribution is 0.115. The number of nitrogens with zero attached hydrogens (tertiary/aromatic N) is 2. The summed E-state index contributed by atoms with van der Waals surface area (Å²) in [6.07, 6.45) is 2.65. The van der Waals surface area contributed by atoms with Crippen LogP contribution in [0.4, 0.5) is 0 Å². The summed E-state index contributed by atoms with van der Waals surface area (Å²) in [6.45, 7) is 3.37. The Kier molecular flexibility index (Phi) is 5.84. The maximum absolute atomic E-state index is 5.69. The van der Waals surface area contributed by atoms with Crippen molar-refractivity contribution in [2.75, 3.05) is 40.6 Å². The second-order valence-electron chi connectivity index (χ2n) is 6.15. The molecule has 6 nitrogen and oxygen atoms in total. The molecule has 24 heavy (non-hydrogen) atoms. The zero-order valence-electron chi connectivity index (χ0n) is 14.2. The first-order valence-electron chi connectivity index (χ1n) is 8.25. The maximum atomic E-state index is 5.69. The fourth-order valence-corrected chi connectivity index (χ4v) is 3.13. The molecule has 3 rings (SSSR count). The molecule has 132 valence electrons. The lowest BCUT2D eigenvalue weighted by Gasteiger charge is -2.22. The first kappa shape index (κ1) is 17.4. The zero-order chi connectivity index (χ0) is 16.9. The van der Waals surface area contributed by atoms with Gasteiger partial charge < -0.3 is 24.4 Å². The third-order valence-electron chi connectivity index (χ3n) is 4.13. The van der Waals surface area contributed by atoms with Gasteiger partial charge in [0.05, 0.1) is 11.1 Å². The largest absolute Gasteiger partial charge is 0.454 e. The number of ether oxygens (including phenoxy) is 3. The van der Waals surface area contributed by atoms with Gasteiger partial charge in [-0.1, -0.05) is 0 Å². The van der Waals surface area contributed by atoms with Gasteiger partial charge in [0.2, 0.25) is 6.79 Å². The van der Waals surface area contributed by atoms with Gasteiger partial charge in [-0.2, -0.15) is 0 Å². The van der Waals surface area contributed by atoms with Crippen LogP contribution in [0.2, 0.25) is 0 Å². The molecular formula is C17H24BrN3O3. The molecule has 1 aromatic carbocycles. The molecule has 0 atom stereocenters. The molecule has 0 unspecified atom stereocenters. The average molecular weight is 398 g/mol. The predicted molar refractivity (Wildman–Crippen MR) is 96.6 cm³/mol. The number of nitrogens with one attached hydrogen (secondary N) is 1. The lowest BCUT2D eigenvalue weighted by atomic mass is 10.2. The van der Waals surface area contributed by atoms with E-state index in [1.165, 1.54) is 12.8 Å². The van der Waals surface area contributed by atoms with Crippen LogP contribution in [0.1, 0.15) is 18.4 Å². The molecule has 7 heteroatoms. The minimum Gasteiger partial charge on any atom is -0.454 e. The van der Waals surface area contributed by atoms with Gasteiger partial charge >= 0.3 is 0 Å². The normalized spacial score (nSPS) is 16.4. The van der Waals surface area contributed by atoms with E-state index in [0.717, 1.165) is 53.2 Å². The van der Waals surface area contributed by atoms with Crippen LogP contribution >= 0.6 is 15.9 Å². The highest BCUT2D eigenvalue weighted by Gasteiger charge is 2.21. The number of hydrogen-bond acceptors (Lipinski definition) is 4. The van der Waals surface area contributed by atoms with Crippen molar-refractivity contribution >= 4 is 21.9 Å². The fraction of sp³-hybridized carbons (Fsp3) is 0.588. The molecular weight excluding hydrogens is 374 g/mol. The number of halogens is 1. The van der Waals surface area contributed by atoms with Gasteiger partial charge in [-0.05, 0) is 52.4 Å². The van der Waals surface area contributed by atoms with E-state index in [1.54, 1.807) is 7.05 Å². The summed E-state index contributed by atoms with van der Waals surface area (Å²) in [7, 11) is 3.81. The molecule has 0 aromatic heterocycles. The second kappa shape index (κ2) is 8.07. The highest BCUT2D eigenvalue weighted by molar-refractivity contribution is 9.10. The topological polar surface area (TPSA) is 55.3 Å². The lowest BCUT2D eigenvalue weighted by Crippen LogP contribution is -2.40. The standard InChI is InChI=1S/C17H24BrN3O3/c1-19-17(21(2)5-6-22-10-12-3-4-12)20-9-13-7-14(18)16-15(8-13)23-11-24-16/h7-8,12H,3-6,9-11H2,1-2H3,(H,19,20). The van der Waals surface area contributed by atoms with Crippen LogP contribution < -0.4 is 14.8 Å². The van der Waals surface area contributed by atoms with Gasteiger partial charge in [0, 0.05) is 33.8 Å². The summed E-state index contributed by atoms with van der Waals surface area (Å²) in [5.74, 6) is 3.20. The minimum absolute atomic E-state index is 0.274. The van der Waals surface area contributed by atoms with Gasteiger partial charge in [0.15, 0.2) is 17.5 Å². The monoisotopic (exact) mass is 397 g/mol. The molecule has 0 spiro atoms. The van der Waals surface area contributed by atoms with E-state index in [4.69, 9.17) is 14.2 Å². The molecule has 1 fully saturated rings. The Balaban J connectivity index is 1.47. The van der Waals surface area contributed by atoms with Gasteiger partial charge in [0.25, 0.3) is 0 Å². The Bertz CT molecular complexity index is 605. The Morgan fingerprint density at radius 3 is 3.00 bits per heavy atom. The maximum Gasteiger partial charge on any atom is 0.231 e.